The maximum absolute atomic E-state index is 11.2. The first-order valence-electron chi connectivity index (χ1n) is 4.74. The molecule has 0 spiro atoms. The van der Waals surface area contributed by atoms with E-state index >= 15 is 0 Å². The molecule has 96 valence electrons. The van der Waals surface area contributed by atoms with E-state index in [0.717, 1.165) is 0 Å². The quantitative estimate of drug-likeness (QED) is 0.375. The number of ether oxygens (including phenoxy) is 3. The Kier molecular flexibility index (Phi) is 7.36. The zero-order valence-corrected chi connectivity index (χ0v) is 9.54. The molecule has 0 aromatic carbocycles. The smallest absolute Gasteiger partial charge is 0.347 e. The Hall–Kier alpha value is -1.89. The zero-order chi connectivity index (χ0) is 13.3. The Bertz CT molecular complexity index is 308. The molecule has 0 rings (SSSR count). The van der Waals surface area contributed by atoms with Gasteiger partial charge in [0.2, 0.25) is 0 Å². The third-order valence-corrected chi connectivity index (χ3v) is 1.52. The van der Waals surface area contributed by atoms with Crippen molar-refractivity contribution in [2.45, 2.75) is 13.0 Å². The van der Waals surface area contributed by atoms with E-state index in [1.165, 1.54) is 14.0 Å². The average molecular weight is 246 g/mol. The lowest BCUT2D eigenvalue weighted by Gasteiger charge is -2.10. The summed E-state index contributed by atoms with van der Waals surface area (Å²) >= 11 is 0. The van der Waals surface area contributed by atoms with Crippen LogP contribution in [0.2, 0.25) is 0 Å². The van der Waals surface area contributed by atoms with Gasteiger partial charge in [-0.1, -0.05) is 0 Å². The molecule has 7 nitrogen and oxygen atoms in total. The third kappa shape index (κ3) is 7.97. The summed E-state index contributed by atoms with van der Waals surface area (Å²) in [5.74, 6) is -2.93. The summed E-state index contributed by atoms with van der Waals surface area (Å²) < 4.78 is 13.9. The molecule has 0 aliphatic carbocycles. The predicted octanol–water partition coefficient (Wildman–Crippen LogP) is -0.252. The Balaban J connectivity index is 3.98. The normalized spacial score (nSPS) is 12.1. The van der Waals surface area contributed by atoms with E-state index in [0.29, 0.717) is 12.2 Å². The summed E-state index contributed by atoms with van der Waals surface area (Å²) in [7, 11) is 1.45. The van der Waals surface area contributed by atoms with Crippen molar-refractivity contribution in [3.8, 4) is 0 Å². The maximum Gasteiger partial charge on any atom is 0.347 e. The molecule has 0 amide bonds. The van der Waals surface area contributed by atoms with Gasteiger partial charge in [0.25, 0.3) is 0 Å². The van der Waals surface area contributed by atoms with Crippen molar-refractivity contribution < 1.29 is 33.7 Å². The lowest BCUT2D eigenvalue weighted by molar-refractivity contribution is -0.164. The standard InChI is InChI=1S/C10H14O7/c1-7(10(14)16-6-5-15-2)17-9(13)4-3-8(11)12/h3-4,7H,5-6H2,1-2H3,(H,11,12)/b4-3+. The van der Waals surface area contributed by atoms with Crippen molar-refractivity contribution in [1.29, 1.82) is 0 Å². The van der Waals surface area contributed by atoms with Crippen LogP contribution in [0.5, 0.6) is 0 Å². The van der Waals surface area contributed by atoms with Gasteiger partial charge < -0.3 is 19.3 Å². The van der Waals surface area contributed by atoms with Crippen molar-refractivity contribution in [3.63, 3.8) is 0 Å². The molecule has 0 radical (unpaired) electrons. The first-order chi connectivity index (χ1) is 7.97. The number of methoxy groups -OCH3 is 1. The van der Waals surface area contributed by atoms with Crippen LogP contribution in [0.3, 0.4) is 0 Å². The molecule has 17 heavy (non-hydrogen) atoms. The lowest BCUT2D eigenvalue weighted by atomic mass is 10.4. The van der Waals surface area contributed by atoms with Gasteiger partial charge in [-0.05, 0) is 6.92 Å². The van der Waals surface area contributed by atoms with Gasteiger partial charge in [0.1, 0.15) is 6.61 Å². The zero-order valence-electron chi connectivity index (χ0n) is 9.54. The number of hydrogen-bond acceptors (Lipinski definition) is 6. The van der Waals surface area contributed by atoms with E-state index in [2.05, 4.69) is 14.2 Å². The van der Waals surface area contributed by atoms with Gasteiger partial charge in [-0.25, -0.2) is 14.4 Å². The van der Waals surface area contributed by atoms with Gasteiger partial charge in [0.05, 0.1) is 6.61 Å². The highest BCUT2D eigenvalue weighted by atomic mass is 16.6. The Morgan fingerprint density at radius 1 is 1.24 bits per heavy atom. The minimum atomic E-state index is -1.28. The van der Waals surface area contributed by atoms with Crippen molar-refractivity contribution in [3.05, 3.63) is 12.2 Å². The highest BCUT2D eigenvalue weighted by Gasteiger charge is 2.17. The van der Waals surface area contributed by atoms with Crippen LogP contribution in [-0.4, -0.2) is 49.4 Å². The second-order valence-corrected chi connectivity index (χ2v) is 2.91. The van der Waals surface area contributed by atoms with Crippen molar-refractivity contribution in [2.75, 3.05) is 20.3 Å². The summed E-state index contributed by atoms with van der Waals surface area (Å²) in [6, 6.07) is 0. The summed E-state index contributed by atoms with van der Waals surface area (Å²) in [5.41, 5.74) is 0. The summed E-state index contributed by atoms with van der Waals surface area (Å²) in [4.78, 5) is 32.3. The van der Waals surface area contributed by atoms with E-state index in [1.54, 1.807) is 0 Å². The van der Waals surface area contributed by atoms with Crippen LogP contribution < -0.4 is 0 Å². The fraction of sp³-hybridized carbons (Fsp3) is 0.500. The molecule has 0 saturated heterocycles. The van der Waals surface area contributed by atoms with E-state index in [-0.39, 0.29) is 13.2 Å². The molecule has 1 unspecified atom stereocenters. The van der Waals surface area contributed by atoms with E-state index in [9.17, 15) is 14.4 Å². The number of esters is 2. The molecule has 0 saturated carbocycles. The number of carboxylic acid groups (broad SMARTS) is 1. The van der Waals surface area contributed by atoms with Gasteiger partial charge in [0.15, 0.2) is 6.10 Å². The van der Waals surface area contributed by atoms with Gasteiger partial charge in [-0.2, -0.15) is 0 Å². The van der Waals surface area contributed by atoms with Crippen molar-refractivity contribution in [1.82, 2.24) is 0 Å². The number of carboxylic acids is 1. The van der Waals surface area contributed by atoms with E-state index in [1.807, 2.05) is 0 Å². The molecular formula is C10H14O7. The number of aliphatic carboxylic acids is 1. The molecule has 0 aromatic rings. The van der Waals surface area contributed by atoms with Crippen LogP contribution in [0.4, 0.5) is 0 Å². The molecule has 0 aromatic heterocycles. The fourth-order valence-corrected chi connectivity index (χ4v) is 0.744. The van der Waals surface area contributed by atoms with Crippen LogP contribution >= 0.6 is 0 Å². The number of rotatable bonds is 7. The van der Waals surface area contributed by atoms with Crippen molar-refractivity contribution in [2.24, 2.45) is 0 Å². The lowest BCUT2D eigenvalue weighted by Crippen LogP contribution is -2.26. The topological polar surface area (TPSA) is 99.1 Å². The minimum Gasteiger partial charge on any atom is -0.478 e. The van der Waals surface area contributed by atoms with Crippen LogP contribution in [0.15, 0.2) is 12.2 Å². The minimum absolute atomic E-state index is 0.0577. The van der Waals surface area contributed by atoms with Gasteiger partial charge >= 0.3 is 17.9 Å². The third-order valence-electron chi connectivity index (χ3n) is 1.52. The van der Waals surface area contributed by atoms with Crippen molar-refractivity contribution >= 4 is 17.9 Å². The SMILES string of the molecule is COCCOC(=O)C(C)OC(=O)/C=C/C(=O)O. The Labute approximate surface area is 98.0 Å². The second-order valence-electron chi connectivity index (χ2n) is 2.91. The van der Waals surface area contributed by atoms with Crippen LogP contribution in [-0.2, 0) is 28.6 Å². The molecule has 0 aliphatic rings. The summed E-state index contributed by atoms with van der Waals surface area (Å²) in [5, 5.41) is 8.25. The van der Waals surface area contributed by atoms with Crippen LogP contribution in [0.25, 0.3) is 0 Å². The molecular weight excluding hydrogens is 232 g/mol. The number of carbonyl (C=O) groups is 3. The second kappa shape index (κ2) is 8.28. The molecule has 7 heteroatoms. The summed E-state index contributed by atoms with van der Waals surface area (Å²) in [6.07, 6.45) is 0.227. The first kappa shape index (κ1) is 15.1. The molecule has 1 atom stereocenters. The number of hydrogen-bond donors (Lipinski definition) is 1. The molecule has 0 bridgehead atoms. The monoisotopic (exact) mass is 246 g/mol. The highest BCUT2D eigenvalue weighted by Crippen LogP contribution is 1.96. The Morgan fingerprint density at radius 3 is 2.41 bits per heavy atom. The maximum atomic E-state index is 11.2. The molecule has 0 heterocycles. The van der Waals surface area contributed by atoms with Crippen LogP contribution in [0.1, 0.15) is 6.92 Å². The largest absolute Gasteiger partial charge is 0.478 e. The molecule has 0 fully saturated rings. The molecule has 1 N–H and O–H groups in total. The fourth-order valence-electron chi connectivity index (χ4n) is 0.744. The Morgan fingerprint density at radius 2 is 1.88 bits per heavy atom. The predicted molar refractivity (Wildman–Crippen MR) is 55.2 cm³/mol. The summed E-state index contributed by atoms with van der Waals surface area (Å²) in [6.45, 7) is 1.62. The van der Waals surface area contributed by atoms with Gasteiger partial charge in [-0.3, -0.25) is 0 Å². The first-order valence-corrected chi connectivity index (χ1v) is 4.74. The number of carbonyl (C=O) groups excluding carboxylic acids is 2. The van der Waals surface area contributed by atoms with Gasteiger partial charge in [0, 0.05) is 19.3 Å². The average Bonchev–Trinajstić information content (AvgIpc) is 2.26. The highest BCUT2D eigenvalue weighted by molar-refractivity contribution is 5.91. The van der Waals surface area contributed by atoms with E-state index < -0.39 is 24.0 Å². The van der Waals surface area contributed by atoms with E-state index in [4.69, 9.17) is 5.11 Å². The van der Waals surface area contributed by atoms with Crippen LogP contribution in [0, 0.1) is 0 Å². The molecule has 0 aliphatic heterocycles. The van der Waals surface area contributed by atoms with Gasteiger partial charge in [-0.15, -0.1) is 0 Å².